The molecule has 1 aliphatic rings. The molecule has 1 saturated heterocycles. The number of sulfone groups is 1. The summed E-state index contributed by atoms with van der Waals surface area (Å²) in [7, 11) is -3.97. The molecule has 0 saturated carbocycles. The fourth-order valence-corrected chi connectivity index (χ4v) is 4.80. The molecule has 2 aromatic rings. The van der Waals surface area contributed by atoms with Gasteiger partial charge in [-0.1, -0.05) is 35.3 Å². The van der Waals surface area contributed by atoms with Gasteiger partial charge >= 0.3 is 0 Å². The Labute approximate surface area is 152 Å². The lowest BCUT2D eigenvalue weighted by Crippen LogP contribution is -2.29. The Morgan fingerprint density at radius 3 is 2.44 bits per heavy atom. The molecule has 1 fully saturated rings. The minimum absolute atomic E-state index is 0.0792. The van der Waals surface area contributed by atoms with Crippen LogP contribution in [0.15, 0.2) is 42.5 Å². The third-order valence-corrected chi connectivity index (χ3v) is 6.28. The molecule has 0 aromatic heterocycles. The molecule has 1 atom stereocenters. The highest BCUT2D eigenvalue weighted by Gasteiger charge is 2.48. The highest BCUT2D eigenvalue weighted by Crippen LogP contribution is 2.42. The van der Waals surface area contributed by atoms with E-state index >= 15 is 0 Å². The first-order chi connectivity index (χ1) is 11.7. The van der Waals surface area contributed by atoms with Crippen LogP contribution in [0.5, 0.6) is 0 Å². The molecule has 0 bridgehead atoms. The SMILES string of the molecule is O=C1CS(=O)(=O)C(c2ccccc2[N+](=O)[O-])N1c1ccc(Cl)c(Cl)c1. The largest absolute Gasteiger partial charge is 0.289 e. The summed E-state index contributed by atoms with van der Waals surface area (Å²) >= 11 is 11.8. The summed E-state index contributed by atoms with van der Waals surface area (Å²) in [4.78, 5) is 24.0. The zero-order valence-corrected chi connectivity index (χ0v) is 14.8. The van der Waals surface area contributed by atoms with Crippen LogP contribution in [0.3, 0.4) is 0 Å². The van der Waals surface area contributed by atoms with Gasteiger partial charge in [0.15, 0.2) is 15.2 Å². The molecule has 10 heteroatoms. The Kier molecular flexibility index (Phi) is 4.44. The zero-order chi connectivity index (χ0) is 18.4. The molecule has 2 aromatic carbocycles. The van der Waals surface area contributed by atoms with Gasteiger partial charge in [0, 0.05) is 11.8 Å². The molecule has 3 rings (SSSR count). The third kappa shape index (κ3) is 3.08. The van der Waals surface area contributed by atoms with Crippen molar-refractivity contribution < 1.29 is 18.1 Å². The zero-order valence-electron chi connectivity index (χ0n) is 12.4. The number of benzene rings is 2. The Balaban J connectivity index is 2.22. The van der Waals surface area contributed by atoms with Crippen LogP contribution >= 0.6 is 23.2 Å². The van der Waals surface area contributed by atoms with Gasteiger partial charge in [-0.3, -0.25) is 19.8 Å². The maximum Gasteiger partial charge on any atom is 0.275 e. The van der Waals surface area contributed by atoms with Gasteiger partial charge in [0.05, 0.1) is 20.5 Å². The Morgan fingerprint density at radius 1 is 1.12 bits per heavy atom. The monoisotopic (exact) mass is 400 g/mol. The van der Waals surface area contributed by atoms with Gasteiger partial charge in [-0.25, -0.2) is 8.42 Å². The summed E-state index contributed by atoms with van der Waals surface area (Å²) in [6, 6.07) is 9.64. The number of hydrogen-bond acceptors (Lipinski definition) is 5. The number of para-hydroxylation sites is 1. The van der Waals surface area contributed by atoms with E-state index in [2.05, 4.69) is 0 Å². The summed E-state index contributed by atoms with van der Waals surface area (Å²) in [6.07, 6.45) is 0. The van der Waals surface area contributed by atoms with Crippen molar-refractivity contribution in [1.29, 1.82) is 0 Å². The quantitative estimate of drug-likeness (QED) is 0.580. The van der Waals surface area contributed by atoms with Crippen LogP contribution in [0.1, 0.15) is 10.9 Å². The fourth-order valence-electron chi connectivity index (χ4n) is 2.72. The van der Waals surface area contributed by atoms with E-state index in [9.17, 15) is 23.3 Å². The summed E-state index contributed by atoms with van der Waals surface area (Å²) in [5, 5.41) is 10.2. The second-order valence-electron chi connectivity index (χ2n) is 5.34. The summed E-state index contributed by atoms with van der Waals surface area (Å²) in [5.74, 6) is -1.44. The number of halogens is 2. The molecule has 0 aliphatic carbocycles. The number of nitro groups is 1. The maximum atomic E-state index is 12.5. The highest BCUT2D eigenvalue weighted by atomic mass is 35.5. The predicted molar refractivity (Wildman–Crippen MR) is 93.6 cm³/mol. The van der Waals surface area contributed by atoms with Crippen molar-refractivity contribution in [3.05, 3.63) is 68.2 Å². The second-order valence-corrected chi connectivity index (χ2v) is 8.21. The van der Waals surface area contributed by atoms with Crippen LogP contribution in [-0.4, -0.2) is 25.0 Å². The van der Waals surface area contributed by atoms with Gasteiger partial charge in [-0.15, -0.1) is 0 Å². The molecule has 7 nitrogen and oxygen atoms in total. The molecule has 1 unspecified atom stereocenters. The van der Waals surface area contributed by atoms with E-state index in [-0.39, 0.29) is 27.0 Å². The number of hydrogen-bond donors (Lipinski definition) is 0. The Morgan fingerprint density at radius 2 is 1.80 bits per heavy atom. The summed E-state index contributed by atoms with van der Waals surface area (Å²) in [6.45, 7) is 0. The first kappa shape index (κ1) is 17.7. The normalized spacial score (nSPS) is 19.2. The van der Waals surface area contributed by atoms with Crippen LogP contribution in [0.4, 0.5) is 11.4 Å². The number of amides is 1. The Hall–Kier alpha value is -2.16. The van der Waals surface area contributed by atoms with Gasteiger partial charge < -0.3 is 0 Å². The second kappa shape index (κ2) is 6.29. The van der Waals surface area contributed by atoms with E-state index in [1.54, 1.807) is 0 Å². The summed E-state index contributed by atoms with van der Waals surface area (Å²) < 4.78 is 25.1. The number of carbonyl (C=O) groups excluding carboxylic acids is 1. The van der Waals surface area contributed by atoms with E-state index in [1.807, 2.05) is 0 Å². The summed E-state index contributed by atoms with van der Waals surface area (Å²) in [5.41, 5.74) is -0.260. The van der Waals surface area contributed by atoms with Crippen LogP contribution in [0, 0.1) is 10.1 Å². The topological polar surface area (TPSA) is 97.6 Å². The van der Waals surface area contributed by atoms with Crippen molar-refractivity contribution in [2.24, 2.45) is 0 Å². The van der Waals surface area contributed by atoms with Gasteiger partial charge in [0.25, 0.3) is 5.69 Å². The van der Waals surface area contributed by atoms with Crippen LogP contribution in [0.25, 0.3) is 0 Å². The maximum absolute atomic E-state index is 12.5. The van der Waals surface area contributed by atoms with E-state index in [4.69, 9.17) is 23.2 Å². The average Bonchev–Trinajstić information content (AvgIpc) is 2.78. The smallest absolute Gasteiger partial charge is 0.275 e. The van der Waals surface area contributed by atoms with Crippen LogP contribution in [0.2, 0.25) is 10.0 Å². The molecule has 1 heterocycles. The highest BCUT2D eigenvalue weighted by molar-refractivity contribution is 7.93. The molecular formula is C15H10Cl2N2O5S. The minimum Gasteiger partial charge on any atom is -0.289 e. The number of anilines is 1. The van der Waals surface area contributed by atoms with Crippen molar-refractivity contribution in [3.63, 3.8) is 0 Å². The molecule has 1 amide bonds. The standard InChI is InChI=1S/C15H10Cl2N2O5S/c16-11-6-5-9(7-12(11)17)18-14(20)8-25(23,24)15(18)10-3-1-2-4-13(10)19(21)22/h1-7,15H,8H2. The van der Waals surface area contributed by atoms with Gasteiger partial charge in [0.2, 0.25) is 5.91 Å². The lowest BCUT2D eigenvalue weighted by Gasteiger charge is -2.24. The van der Waals surface area contributed by atoms with Crippen LogP contribution < -0.4 is 4.90 Å². The van der Waals surface area contributed by atoms with Gasteiger partial charge in [-0.2, -0.15) is 0 Å². The van der Waals surface area contributed by atoms with Crippen molar-refractivity contribution in [1.82, 2.24) is 0 Å². The molecule has 0 spiro atoms. The third-order valence-electron chi connectivity index (χ3n) is 3.75. The van der Waals surface area contributed by atoms with Crippen LogP contribution in [-0.2, 0) is 14.6 Å². The average molecular weight is 401 g/mol. The van der Waals surface area contributed by atoms with Crippen molar-refractivity contribution >= 4 is 50.3 Å². The first-order valence-corrected chi connectivity index (χ1v) is 9.41. The van der Waals surface area contributed by atoms with E-state index in [1.165, 1.54) is 42.5 Å². The number of rotatable bonds is 3. The first-order valence-electron chi connectivity index (χ1n) is 6.94. The molecule has 1 aliphatic heterocycles. The van der Waals surface area contributed by atoms with Crippen molar-refractivity contribution in [3.8, 4) is 0 Å². The van der Waals surface area contributed by atoms with E-state index in [0.717, 1.165) is 4.90 Å². The van der Waals surface area contributed by atoms with Crippen molar-refractivity contribution in [2.75, 3.05) is 10.7 Å². The minimum atomic E-state index is -3.97. The van der Waals surface area contributed by atoms with E-state index in [0.29, 0.717) is 0 Å². The molecule has 130 valence electrons. The molecule has 0 radical (unpaired) electrons. The predicted octanol–water partition coefficient (Wildman–Crippen LogP) is 3.36. The van der Waals surface area contributed by atoms with E-state index < -0.39 is 31.8 Å². The fraction of sp³-hybridized carbons (Fsp3) is 0.133. The number of nitrogens with zero attached hydrogens (tertiary/aromatic N) is 2. The molecule has 0 N–H and O–H groups in total. The molecule has 25 heavy (non-hydrogen) atoms. The van der Waals surface area contributed by atoms with Gasteiger partial charge in [0.1, 0.15) is 5.75 Å². The Bertz CT molecular complexity index is 993. The lowest BCUT2D eigenvalue weighted by atomic mass is 10.1. The number of nitro benzene ring substituents is 1. The van der Waals surface area contributed by atoms with Crippen molar-refractivity contribution in [2.45, 2.75) is 5.37 Å². The lowest BCUT2D eigenvalue weighted by molar-refractivity contribution is -0.385. The van der Waals surface area contributed by atoms with Gasteiger partial charge in [-0.05, 0) is 24.3 Å². The number of carbonyl (C=O) groups is 1. The molecular weight excluding hydrogens is 391 g/mol.